The molecule has 0 saturated heterocycles. The van der Waals surface area contributed by atoms with E-state index >= 15 is 0 Å². The Kier molecular flexibility index (Phi) is 7.11. The van der Waals surface area contributed by atoms with Gasteiger partial charge in [0, 0.05) is 11.3 Å². The van der Waals surface area contributed by atoms with Gasteiger partial charge < -0.3 is 10.1 Å². The lowest BCUT2D eigenvalue weighted by atomic mass is 10.1. The van der Waals surface area contributed by atoms with Crippen molar-refractivity contribution in [3.05, 3.63) is 87.9 Å². The molecule has 3 aromatic rings. The second-order valence-corrected chi connectivity index (χ2v) is 9.87. The van der Waals surface area contributed by atoms with Gasteiger partial charge in [-0.15, -0.1) is 0 Å². The second kappa shape index (κ2) is 9.63. The summed E-state index contributed by atoms with van der Waals surface area (Å²) in [5, 5.41) is 3.19. The van der Waals surface area contributed by atoms with Gasteiger partial charge in [-0.05, 0) is 66.9 Å². The minimum absolute atomic E-state index is 0.166. The number of halogens is 1. The van der Waals surface area contributed by atoms with Crippen LogP contribution in [0.5, 0.6) is 5.75 Å². The highest BCUT2D eigenvalue weighted by Crippen LogP contribution is 2.28. The fourth-order valence-corrected chi connectivity index (χ4v) is 4.44. The fraction of sp³-hybridized carbons (Fsp3) is 0.208. The van der Waals surface area contributed by atoms with Crippen LogP contribution in [0.25, 0.3) is 0 Å². The number of carbonyl (C=O) groups excluding carboxylic acids is 1. The van der Waals surface area contributed by atoms with Crippen molar-refractivity contribution < 1.29 is 17.9 Å². The van der Waals surface area contributed by atoms with Crippen LogP contribution < -0.4 is 14.4 Å². The van der Waals surface area contributed by atoms with Crippen molar-refractivity contribution in [3.63, 3.8) is 0 Å². The van der Waals surface area contributed by atoms with Crippen molar-refractivity contribution in [3.8, 4) is 5.75 Å². The van der Waals surface area contributed by atoms with Gasteiger partial charge in [-0.3, -0.25) is 9.10 Å². The molecular weight excluding hydrogens is 448 g/mol. The van der Waals surface area contributed by atoms with E-state index < -0.39 is 10.0 Å². The Morgan fingerprint density at radius 1 is 1.03 bits per heavy atom. The summed E-state index contributed by atoms with van der Waals surface area (Å²) in [5.41, 5.74) is 4.24. The van der Waals surface area contributed by atoms with E-state index in [9.17, 15) is 13.2 Å². The molecule has 0 atom stereocenters. The summed E-state index contributed by atoms with van der Waals surface area (Å²) in [6.07, 6.45) is 1.19. The lowest BCUT2D eigenvalue weighted by molar-refractivity contribution is 0.102. The molecule has 6 nitrogen and oxygen atoms in total. The average molecular weight is 473 g/mol. The monoisotopic (exact) mass is 472 g/mol. The van der Waals surface area contributed by atoms with Crippen LogP contribution >= 0.6 is 11.6 Å². The molecule has 0 spiro atoms. The number of anilines is 2. The van der Waals surface area contributed by atoms with Gasteiger partial charge in [-0.1, -0.05) is 35.9 Å². The SMILES string of the molecule is COc1ccc(NC(=O)c2ccc(CN(c3cc(C)ccc3C)S(C)(=O)=O)cc2)cc1Cl. The van der Waals surface area contributed by atoms with Gasteiger partial charge in [0.2, 0.25) is 10.0 Å². The summed E-state index contributed by atoms with van der Waals surface area (Å²) in [4.78, 5) is 12.6. The van der Waals surface area contributed by atoms with Gasteiger partial charge in [0.25, 0.3) is 5.91 Å². The Morgan fingerprint density at radius 3 is 2.31 bits per heavy atom. The van der Waals surface area contributed by atoms with Gasteiger partial charge in [0.15, 0.2) is 0 Å². The van der Waals surface area contributed by atoms with E-state index in [1.807, 2.05) is 32.0 Å². The van der Waals surface area contributed by atoms with Crippen molar-refractivity contribution in [2.45, 2.75) is 20.4 Å². The Labute approximate surface area is 193 Å². The zero-order valence-corrected chi connectivity index (χ0v) is 19.9. The Bertz CT molecular complexity index is 1240. The number of amides is 1. The van der Waals surface area contributed by atoms with Gasteiger partial charge in [0.05, 0.1) is 30.6 Å². The molecule has 3 aromatic carbocycles. The number of nitrogens with one attached hydrogen (secondary N) is 1. The van der Waals surface area contributed by atoms with E-state index in [1.54, 1.807) is 42.5 Å². The molecule has 0 saturated carbocycles. The Balaban J connectivity index is 1.78. The summed E-state index contributed by atoms with van der Waals surface area (Å²) in [6, 6.07) is 17.5. The van der Waals surface area contributed by atoms with Crippen LogP contribution in [0.15, 0.2) is 60.7 Å². The third-order valence-corrected chi connectivity index (χ3v) is 6.41. The summed E-state index contributed by atoms with van der Waals surface area (Å²) in [5.74, 6) is 0.223. The van der Waals surface area contributed by atoms with E-state index in [0.717, 1.165) is 16.7 Å². The number of benzene rings is 3. The summed E-state index contributed by atoms with van der Waals surface area (Å²) in [7, 11) is -1.98. The zero-order valence-electron chi connectivity index (χ0n) is 18.3. The number of hydrogen-bond donors (Lipinski definition) is 1. The Morgan fingerprint density at radius 2 is 1.72 bits per heavy atom. The van der Waals surface area contributed by atoms with Crippen molar-refractivity contribution >= 4 is 38.9 Å². The van der Waals surface area contributed by atoms with Crippen LogP contribution in [0.2, 0.25) is 5.02 Å². The quantitative estimate of drug-likeness (QED) is 0.513. The van der Waals surface area contributed by atoms with Crippen LogP contribution in [-0.2, 0) is 16.6 Å². The van der Waals surface area contributed by atoms with Gasteiger partial charge in [-0.25, -0.2) is 8.42 Å². The van der Waals surface area contributed by atoms with Crippen LogP contribution in [0.3, 0.4) is 0 Å². The first-order valence-corrected chi connectivity index (χ1v) is 12.1. The molecule has 1 N–H and O–H groups in total. The predicted octanol–water partition coefficient (Wildman–Crippen LogP) is 5.18. The lowest BCUT2D eigenvalue weighted by Gasteiger charge is -2.25. The van der Waals surface area contributed by atoms with E-state index in [1.165, 1.54) is 17.7 Å². The van der Waals surface area contributed by atoms with Gasteiger partial charge in [0.1, 0.15) is 5.75 Å². The third kappa shape index (κ3) is 5.60. The topological polar surface area (TPSA) is 75.7 Å². The highest BCUT2D eigenvalue weighted by Gasteiger charge is 2.20. The number of hydrogen-bond acceptors (Lipinski definition) is 4. The lowest BCUT2D eigenvalue weighted by Crippen LogP contribution is -2.30. The molecule has 0 unspecified atom stereocenters. The molecule has 32 heavy (non-hydrogen) atoms. The maximum Gasteiger partial charge on any atom is 0.255 e. The Hall–Kier alpha value is -3.03. The van der Waals surface area contributed by atoms with Crippen molar-refractivity contribution in [1.82, 2.24) is 0 Å². The minimum Gasteiger partial charge on any atom is -0.495 e. The van der Waals surface area contributed by atoms with E-state index in [-0.39, 0.29) is 12.5 Å². The molecule has 0 radical (unpaired) electrons. The highest BCUT2D eigenvalue weighted by atomic mass is 35.5. The molecule has 0 aliphatic rings. The molecule has 0 aliphatic carbocycles. The molecule has 168 valence electrons. The average Bonchev–Trinajstić information content (AvgIpc) is 2.73. The summed E-state index contributed by atoms with van der Waals surface area (Å²) >= 11 is 6.11. The summed E-state index contributed by atoms with van der Waals surface area (Å²) < 4.78 is 31.5. The standard InChI is InChI=1S/C24H25ClN2O4S/c1-16-5-6-17(2)22(13-16)27(32(4,29)30)15-18-7-9-19(10-8-18)24(28)26-20-11-12-23(31-3)21(25)14-20/h5-14H,15H2,1-4H3,(H,26,28). The first-order valence-electron chi connectivity index (χ1n) is 9.87. The van der Waals surface area contributed by atoms with E-state index in [4.69, 9.17) is 16.3 Å². The van der Waals surface area contributed by atoms with Crippen LogP contribution in [0.4, 0.5) is 11.4 Å². The van der Waals surface area contributed by atoms with Crippen LogP contribution in [0.1, 0.15) is 27.0 Å². The molecule has 3 rings (SSSR count). The number of nitrogens with zero attached hydrogens (tertiary/aromatic N) is 1. The number of rotatable bonds is 7. The van der Waals surface area contributed by atoms with Gasteiger partial charge in [-0.2, -0.15) is 0 Å². The number of aryl methyl sites for hydroxylation is 2. The normalized spacial score (nSPS) is 11.2. The third-order valence-electron chi connectivity index (χ3n) is 4.99. The van der Waals surface area contributed by atoms with Crippen molar-refractivity contribution in [2.75, 3.05) is 23.0 Å². The molecular formula is C24H25ClN2O4S. The first kappa shape index (κ1) is 23.6. The number of ether oxygens (including phenoxy) is 1. The zero-order chi connectivity index (χ0) is 23.5. The maximum atomic E-state index is 12.6. The molecule has 0 aliphatic heterocycles. The van der Waals surface area contributed by atoms with Gasteiger partial charge >= 0.3 is 0 Å². The van der Waals surface area contributed by atoms with Crippen LogP contribution in [-0.4, -0.2) is 27.7 Å². The fourth-order valence-electron chi connectivity index (χ4n) is 3.24. The first-order chi connectivity index (χ1) is 15.1. The molecule has 1 amide bonds. The second-order valence-electron chi connectivity index (χ2n) is 7.56. The smallest absolute Gasteiger partial charge is 0.255 e. The van der Waals surface area contributed by atoms with E-state index in [0.29, 0.717) is 27.7 Å². The highest BCUT2D eigenvalue weighted by molar-refractivity contribution is 7.92. The molecule has 0 aromatic heterocycles. The van der Waals surface area contributed by atoms with Crippen LogP contribution in [0, 0.1) is 13.8 Å². The number of carbonyl (C=O) groups is 1. The maximum absolute atomic E-state index is 12.6. The predicted molar refractivity (Wildman–Crippen MR) is 129 cm³/mol. The van der Waals surface area contributed by atoms with E-state index in [2.05, 4.69) is 5.32 Å². The molecule has 0 bridgehead atoms. The number of sulfonamides is 1. The molecule has 0 fully saturated rings. The van der Waals surface area contributed by atoms with Crippen molar-refractivity contribution in [2.24, 2.45) is 0 Å². The minimum atomic E-state index is -3.50. The molecule has 8 heteroatoms. The summed E-state index contributed by atoms with van der Waals surface area (Å²) in [6.45, 7) is 3.97. The van der Waals surface area contributed by atoms with Crippen molar-refractivity contribution in [1.29, 1.82) is 0 Å². The largest absolute Gasteiger partial charge is 0.495 e. The molecule has 0 heterocycles. The number of methoxy groups -OCH3 is 1.